The minimum atomic E-state index is -0.203. The molecule has 0 atom stereocenters. The van der Waals surface area contributed by atoms with Gasteiger partial charge in [-0.3, -0.25) is 9.59 Å². The molecule has 1 aliphatic heterocycles. The van der Waals surface area contributed by atoms with Crippen LogP contribution >= 0.6 is 0 Å². The number of para-hydroxylation sites is 1. The zero-order chi connectivity index (χ0) is 16.4. The molecule has 114 valence electrons. The molecule has 0 saturated heterocycles. The summed E-state index contributed by atoms with van der Waals surface area (Å²) in [6, 6.07) is 16.3. The third kappa shape index (κ3) is 2.67. The lowest BCUT2D eigenvalue weighted by molar-refractivity contribution is -0.118. The maximum Gasteiger partial charge on any atom is 0.256 e. The lowest BCUT2D eigenvalue weighted by atomic mass is 10.1. The van der Waals surface area contributed by atoms with Crippen molar-refractivity contribution < 1.29 is 9.59 Å². The first-order chi connectivity index (χ1) is 11.1. The topological polar surface area (TPSA) is 64.4 Å². The highest BCUT2D eigenvalue weighted by Crippen LogP contribution is 2.25. The molecule has 0 fully saturated rings. The Labute approximate surface area is 134 Å². The first kappa shape index (κ1) is 14.8. The molecule has 0 N–H and O–H groups in total. The van der Waals surface area contributed by atoms with E-state index in [9.17, 15) is 14.9 Å². The smallest absolute Gasteiger partial charge is 0.256 e. The number of carbonyl (C=O) groups is 2. The molecule has 0 radical (unpaired) electrons. The highest BCUT2D eigenvalue weighted by atomic mass is 16.2. The van der Waals surface area contributed by atoms with Crippen LogP contribution in [0.4, 0.5) is 5.69 Å². The second kappa shape index (κ2) is 5.93. The van der Waals surface area contributed by atoms with E-state index in [1.165, 1.54) is 9.80 Å². The van der Waals surface area contributed by atoms with Crippen molar-refractivity contribution in [2.24, 2.45) is 0 Å². The summed E-state index contributed by atoms with van der Waals surface area (Å²) in [7, 11) is 1.67. The number of nitriles is 1. The molecule has 3 rings (SSSR count). The van der Waals surface area contributed by atoms with Gasteiger partial charge >= 0.3 is 0 Å². The summed E-state index contributed by atoms with van der Waals surface area (Å²) in [4.78, 5) is 28.1. The Balaban J connectivity index is 2.00. The summed E-state index contributed by atoms with van der Waals surface area (Å²) in [5.74, 6) is -0.358. The van der Waals surface area contributed by atoms with Crippen LogP contribution < -0.4 is 4.90 Å². The molecule has 1 aliphatic rings. The van der Waals surface area contributed by atoms with Gasteiger partial charge in [-0.2, -0.15) is 5.26 Å². The van der Waals surface area contributed by atoms with Crippen molar-refractivity contribution in [2.75, 3.05) is 18.5 Å². The van der Waals surface area contributed by atoms with Gasteiger partial charge in [0.2, 0.25) is 5.91 Å². The Kier molecular flexibility index (Phi) is 3.82. The van der Waals surface area contributed by atoms with Gasteiger partial charge in [-0.05, 0) is 23.8 Å². The number of nitrogens with zero attached hydrogens (tertiary/aromatic N) is 3. The van der Waals surface area contributed by atoms with Gasteiger partial charge in [0.05, 0.1) is 22.9 Å². The monoisotopic (exact) mass is 305 g/mol. The van der Waals surface area contributed by atoms with E-state index < -0.39 is 0 Å². The first-order valence-corrected chi connectivity index (χ1v) is 7.24. The van der Waals surface area contributed by atoms with Gasteiger partial charge in [0, 0.05) is 13.6 Å². The molecule has 0 aliphatic carbocycles. The number of carbonyl (C=O) groups excluding carboxylic acids is 2. The predicted octanol–water partition coefficient (Wildman–Crippen LogP) is 2.18. The first-order valence-electron chi connectivity index (χ1n) is 7.24. The molecule has 1 heterocycles. The molecular formula is C18H15N3O2. The van der Waals surface area contributed by atoms with Crippen LogP contribution in [0.5, 0.6) is 0 Å². The van der Waals surface area contributed by atoms with Crippen molar-refractivity contribution in [1.82, 2.24) is 4.90 Å². The van der Waals surface area contributed by atoms with E-state index in [2.05, 4.69) is 6.07 Å². The fourth-order valence-electron chi connectivity index (χ4n) is 2.69. The molecule has 5 nitrogen and oxygen atoms in total. The summed E-state index contributed by atoms with van der Waals surface area (Å²) < 4.78 is 0. The summed E-state index contributed by atoms with van der Waals surface area (Å²) in [6.45, 7) is 0.222. The standard InChI is InChI=1S/C18H15N3O2/c1-20-16-9-5-4-8-15(16)18(23)21(12-17(20)22)11-14-7-3-2-6-13(14)10-19/h2-9H,11-12H2,1H3. The molecular weight excluding hydrogens is 290 g/mol. The molecule has 0 unspecified atom stereocenters. The molecule has 23 heavy (non-hydrogen) atoms. The van der Waals surface area contributed by atoms with E-state index in [4.69, 9.17) is 0 Å². The maximum atomic E-state index is 12.8. The average molecular weight is 305 g/mol. The minimum Gasteiger partial charge on any atom is -0.325 e. The Hall–Kier alpha value is -3.13. The Morgan fingerprint density at radius 2 is 1.78 bits per heavy atom. The SMILES string of the molecule is CN1C(=O)CN(Cc2ccccc2C#N)C(=O)c2ccccc21. The highest BCUT2D eigenvalue weighted by molar-refractivity contribution is 6.09. The summed E-state index contributed by atoms with van der Waals surface area (Å²) in [5.41, 5.74) is 2.35. The van der Waals surface area contributed by atoms with E-state index in [0.717, 1.165) is 5.56 Å². The minimum absolute atomic E-state index is 0.0101. The lowest BCUT2D eigenvalue weighted by Crippen LogP contribution is -2.37. The molecule has 2 aromatic rings. The lowest BCUT2D eigenvalue weighted by Gasteiger charge is -2.20. The molecule has 0 bridgehead atoms. The van der Waals surface area contributed by atoms with Crippen LogP contribution in [0.2, 0.25) is 0 Å². The summed E-state index contributed by atoms with van der Waals surface area (Å²) in [6.07, 6.45) is 0. The van der Waals surface area contributed by atoms with Crippen LogP contribution in [-0.4, -0.2) is 30.3 Å². The quantitative estimate of drug-likeness (QED) is 0.854. The highest BCUT2D eigenvalue weighted by Gasteiger charge is 2.29. The summed E-state index contributed by atoms with van der Waals surface area (Å²) >= 11 is 0. The van der Waals surface area contributed by atoms with Crippen LogP contribution in [-0.2, 0) is 11.3 Å². The van der Waals surface area contributed by atoms with Crippen molar-refractivity contribution in [2.45, 2.75) is 6.54 Å². The molecule has 2 amide bonds. The second-order valence-corrected chi connectivity index (χ2v) is 5.40. The van der Waals surface area contributed by atoms with Gasteiger partial charge in [0.1, 0.15) is 6.54 Å². The van der Waals surface area contributed by atoms with Gasteiger partial charge in [-0.25, -0.2) is 0 Å². The normalized spacial score (nSPS) is 14.3. The van der Waals surface area contributed by atoms with Gasteiger partial charge < -0.3 is 9.80 Å². The van der Waals surface area contributed by atoms with E-state index in [1.807, 2.05) is 6.07 Å². The molecule has 2 aromatic carbocycles. The van der Waals surface area contributed by atoms with E-state index >= 15 is 0 Å². The van der Waals surface area contributed by atoms with Crippen molar-refractivity contribution >= 4 is 17.5 Å². The predicted molar refractivity (Wildman–Crippen MR) is 85.7 cm³/mol. The second-order valence-electron chi connectivity index (χ2n) is 5.40. The number of likely N-dealkylation sites (N-methyl/N-ethyl adjacent to an activating group) is 1. The number of anilines is 1. The largest absolute Gasteiger partial charge is 0.325 e. The average Bonchev–Trinajstić information content (AvgIpc) is 2.67. The molecule has 5 heteroatoms. The Morgan fingerprint density at radius 1 is 1.09 bits per heavy atom. The molecule has 0 spiro atoms. The van der Waals surface area contributed by atoms with Crippen LogP contribution in [0.3, 0.4) is 0 Å². The number of amides is 2. The molecule has 0 saturated carbocycles. The van der Waals surface area contributed by atoms with Gasteiger partial charge in [-0.1, -0.05) is 30.3 Å². The zero-order valence-electron chi connectivity index (χ0n) is 12.7. The van der Waals surface area contributed by atoms with Gasteiger partial charge in [0.25, 0.3) is 5.91 Å². The van der Waals surface area contributed by atoms with Crippen molar-refractivity contribution in [3.05, 3.63) is 65.2 Å². The maximum absolute atomic E-state index is 12.8. The van der Waals surface area contributed by atoms with Crippen molar-refractivity contribution in [1.29, 1.82) is 5.26 Å². The third-order valence-corrected chi connectivity index (χ3v) is 3.98. The number of hydrogen-bond acceptors (Lipinski definition) is 3. The Bertz CT molecular complexity index is 823. The number of fused-ring (bicyclic) bond motifs is 1. The molecule has 0 aromatic heterocycles. The zero-order valence-corrected chi connectivity index (χ0v) is 12.7. The Morgan fingerprint density at radius 3 is 2.57 bits per heavy atom. The number of rotatable bonds is 2. The summed E-state index contributed by atoms with van der Waals surface area (Å²) in [5, 5.41) is 9.19. The van der Waals surface area contributed by atoms with E-state index in [0.29, 0.717) is 16.8 Å². The van der Waals surface area contributed by atoms with E-state index in [-0.39, 0.29) is 24.9 Å². The van der Waals surface area contributed by atoms with Crippen molar-refractivity contribution in [3.63, 3.8) is 0 Å². The van der Waals surface area contributed by atoms with E-state index in [1.54, 1.807) is 49.5 Å². The fourth-order valence-corrected chi connectivity index (χ4v) is 2.69. The van der Waals surface area contributed by atoms with Crippen LogP contribution in [0.1, 0.15) is 21.5 Å². The van der Waals surface area contributed by atoms with Crippen LogP contribution in [0.15, 0.2) is 48.5 Å². The van der Waals surface area contributed by atoms with Gasteiger partial charge in [-0.15, -0.1) is 0 Å². The fraction of sp³-hybridized carbons (Fsp3) is 0.167. The number of hydrogen-bond donors (Lipinski definition) is 0. The van der Waals surface area contributed by atoms with Gasteiger partial charge in [0.15, 0.2) is 0 Å². The number of benzene rings is 2. The van der Waals surface area contributed by atoms with Crippen LogP contribution in [0.25, 0.3) is 0 Å². The third-order valence-electron chi connectivity index (χ3n) is 3.98. The van der Waals surface area contributed by atoms with Crippen molar-refractivity contribution in [3.8, 4) is 6.07 Å². The van der Waals surface area contributed by atoms with Crippen LogP contribution in [0, 0.1) is 11.3 Å².